The average molecular weight is 143 g/mol. The van der Waals surface area contributed by atoms with Gasteiger partial charge in [-0.15, -0.1) is 0 Å². The van der Waals surface area contributed by atoms with Gasteiger partial charge in [-0.25, -0.2) is 4.98 Å². The largest absolute Gasteiger partial charge is 0.487 e. The molecule has 3 heteroatoms. The van der Waals surface area contributed by atoms with Gasteiger partial charge in [-0.1, -0.05) is 11.6 Å². The van der Waals surface area contributed by atoms with Crippen molar-refractivity contribution in [1.29, 1.82) is 0 Å². The van der Waals surface area contributed by atoms with E-state index in [1.54, 1.807) is 18.3 Å². The molecule has 0 aromatic carbocycles. The second-order valence-electron chi connectivity index (χ2n) is 1.44. The zero-order chi connectivity index (χ0) is 6.69. The number of aromatic nitrogens is 1. The molecule has 47 valence electrons. The van der Waals surface area contributed by atoms with E-state index in [9.17, 15) is 0 Å². The second-order valence-corrected chi connectivity index (χ2v) is 1.79. The average Bonchev–Trinajstić information content (AvgIpc) is 1.89. The van der Waals surface area contributed by atoms with E-state index in [4.69, 9.17) is 11.6 Å². The number of nitrogens with zero attached hydrogens (tertiary/aromatic N) is 1. The van der Waals surface area contributed by atoms with Crippen LogP contribution in [-0.2, 0) is 0 Å². The van der Waals surface area contributed by atoms with Crippen molar-refractivity contribution in [2.75, 3.05) is 0 Å². The smallest absolute Gasteiger partial charge is 0.171 e. The van der Waals surface area contributed by atoms with Crippen LogP contribution in [0.2, 0.25) is 5.15 Å². The van der Waals surface area contributed by atoms with Crippen molar-refractivity contribution in [2.24, 2.45) is 0 Å². The van der Waals surface area contributed by atoms with Gasteiger partial charge in [-0.2, -0.15) is 0 Å². The Kier molecular flexibility index (Phi) is 1.90. The van der Waals surface area contributed by atoms with Crippen LogP contribution < -0.4 is 4.74 Å². The Morgan fingerprint density at radius 2 is 2.44 bits per heavy atom. The molecule has 0 bridgehead atoms. The number of pyridine rings is 1. The molecule has 0 aliphatic rings. The Morgan fingerprint density at radius 1 is 1.67 bits per heavy atom. The summed E-state index contributed by atoms with van der Waals surface area (Å²) < 4.78 is 4.60. The van der Waals surface area contributed by atoms with Gasteiger partial charge in [0.25, 0.3) is 0 Å². The van der Waals surface area contributed by atoms with Gasteiger partial charge in [0.05, 0.1) is 0 Å². The molecule has 0 spiro atoms. The van der Waals surface area contributed by atoms with Crippen molar-refractivity contribution in [3.05, 3.63) is 30.6 Å². The summed E-state index contributed by atoms with van der Waals surface area (Å²) in [6, 6.07) is 3.43. The van der Waals surface area contributed by atoms with E-state index in [1.807, 2.05) is 0 Å². The number of halogens is 1. The third kappa shape index (κ3) is 1.33. The summed E-state index contributed by atoms with van der Waals surface area (Å²) in [4.78, 5) is 3.75. The molecule has 0 saturated carbocycles. The number of hydrogen-bond donors (Lipinski definition) is 0. The molecule has 0 N–H and O–H groups in total. The molecule has 1 rings (SSSR count). The lowest BCUT2D eigenvalue weighted by molar-refractivity contribution is 0.471. The third-order valence-electron chi connectivity index (χ3n) is 0.880. The Morgan fingerprint density at radius 3 is 2.89 bits per heavy atom. The highest BCUT2D eigenvalue weighted by molar-refractivity contribution is 6.30. The van der Waals surface area contributed by atoms with Gasteiger partial charge in [0.2, 0.25) is 0 Å². The monoisotopic (exact) mass is 142 g/mol. The maximum Gasteiger partial charge on any atom is 0.171 e. The molecule has 1 radical (unpaired) electrons. The fourth-order valence-corrected chi connectivity index (χ4v) is 0.653. The summed E-state index contributed by atoms with van der Waals surface area (Å²) in [5.74, 6) is 0.499. The van der Waals surface area contributed by atoms with Crippen LogP contribution in [0.25, 0.3) is 0 Å². The third-order valence-corrected chi connectivity index (χ3v) is 1.16. The highest BCUT2D eigenvalue weighted by Gasteiger charge is 1.95. The molecule has 2 nitrogen and oxygen atoms in total. The van der Waals surface area contributed by atoms with Gasteiger partial charge in [-0.3, -0.25) is 0 Å². The van der Waals surface area contributed by atoms with Crippen LogP contribution in [0.5, 0.6) is 5.75 Å². The zero-order valence-corrected chi connectivity index (χ0v) is 5.43. The molecule has 0 atom stereocenters. The molecule has 0 aliphatic carbocycles. The molecular formula is C6H5ClNO. The summed E-state index contributed by atoms with van der Waals surface area (Å²) in [6.07, 6.45) is 1.59. The Bertz CT molecular complexity index is 202. The molecular weight excluding hydrogens is 138 g/mol. The van der Waals surface area contributed by atoms with Crippen molar-refractivity contribution in [3.63, 3.8) is 0 Å². The number of hydrogen-bond acceptors (Lipinski definition) is 2. The fraction of sp³-hybridized carbons (Fsp3) is 0. The topological polar surface area (TPSA) is 22.1 Å². The highest BCUT2D eigenvalue weighted by atomic mass is 35.5. The molecule has 0 fully saturated rings. The van der Waals surface area contributed by atoms with Crippen LogP contribution in [-0.4, -0.2) is 4.98 Å². The quantitative estimate of drug-likeness (QED) is 0.559. The van der Waals surface area contributed by atoms with Gasteiger partial charge >= 0.3 is 0 Å². The van der Waals surface area contributed by atoms with Crippen LogP contribution in [0, 0.1) is 7.11 Å². The minimum atomic E-state index is 0.340. The molecule has 0 aliphatic heterocycles. The van der Waals surface area contributed by atoms with Crippen molar-refractivity contribution in [2.45, 2.75) is 0 Å². The maximum atomic E-state index is 5.55. The highest BCUT2D eigenvalue weighted by Crippen LogP contribution is 2.19. The van der Waals surface area contributed by atoms with Gasteiger partial charge in [-0.05, 0) is 12.1 Å². The van der Waals surface area contributed by atoms with Gasteiger partial charge in [0.15, 0.2) is 10.9 Å². The first kappa shape index (κ1) is 6.36. The Hall–Kier alpha value is -0.760. The fourth-order valence-electron chi connectivity index (χ4n) is 0.479. The first-order valence-electron chi connectivity index (χ1n) is 2.37. The van der Waals surface area contributed by atoms with Crippen LogP contribution >= 0.6 is 11.6 Å². The first-order chi connectivity index (χ1) is 4.34. The molecule has 1 heterocycles. The van der Waals surface area contributed by atoms with Crippen molar-refractivity contribution in [3.8, 4) is 5.75 Å². The van der Waals surface area contributed by atoms with E-state index in [0.717, 1.165) is 0 Å². The zero-order valence-electron chi connectivity index (χ0n) is 4.67. The molecule has 1 aromatic rings. The number of rotatable bonds is 1. The Labute approximate surface area is 58.4 Å². The SMILES string of the molecule is [CH2]Oc1cccnc1Cl. The molecule has 0 saturated heterocycles. The minimum absolute atomic E-state index is 0.340. The van der Waals surface area contributed by atoms with Gasteiger partial charge in [0, 0.05) is 6.20 Å². The number of ether oxygens (including phenoxy) is 1. The predicted molar refractivity (Wildman–Crippen MR) is 35.2 cm³/mol. The van der Waals surface area contributed by atoms with Gasteiger partial charge < -0.3 is 4.74 Å². The molecule has 1 aromatic heterocycles. The van der Waals surface area contributed by atoms with E-state index in [-0.39, 0.29) is 0 Å². The molecule has 9 heavy (non-hydrogen) atoms. The van der Waals surface area contributed by atoms with Crippen LogP contribution in [0.15, 0.2) is 18.3 Å². The standard InChI is InChI=1S/C6H5ClNO/c1-9-5-3-2-4-8-6(5)7/h2-4H,1H2. The summed E-state index contributed by atoms with van der Waals surface area (Å²) in [5.41, 5.74) is 0. The van der Waals surface area contributed by atoms with Crippen LogP contribution in [0.4, 0.5) is 0 Å². The summed E-state index contributed by atoms with van der Waals surface area (Å²) >= 11 is 5.55. The van der Waals surface area contributed by atoms with E-state index in [1.165, 1.54) is 0 Å². The lowest BCUT2D eigenvalue weighted by Crippen LogP contribution is -1.81. The van der Waals surface area contributed by atoms with Crippen LogP contribution in [0.1, 0.15) is 0 Å². The van der Waals surface area contributed by atoms with Gasteiger partial charge in [0.1, 0.15) is 7.11 Å². The van der Waals surface area contributed by atoms with E-state index in [2.05, 4.69) is 16.8 Å². The van der Waals surface area contributed by atoms with E-state index < -0.39 is 0 Å². The van der Waals surface area contributed by atoms with Crippen LogP contribution in [0.3, 0.4) is 0 Å². The first-order valence-corrected chi connectivity index (χ1v) is 2.75. The van der Waals surface area contributed by atoms with Crippen molar-refractivity contribution >= 4 is 11.6 Å². The minimum Gasteiger partial charge on any atom is -0.487 e. The summed E-state index contributed by atoms with van der Waals surface area (Å²) in [7, 11) is 3.19. The normalized spacial score (nSPS) is 9.11. The Balaban J connectivity index is 3.01. The maximum absolute atomic E-state index is 5.55. The lowest BCUT2D eigenvalue weighted by atomic mass is 10.5. The summed E-state index contributed by atoms with van der Waals surface area (Å²) in [5, 5.41) is 0.340. The lowest BCUT2D eigenvalue weighted by Gasteiger charge is -1.97. The van der Waals surface area contributed by atoms with E-state index >= 15 is 0 Å². The summed E-state index contributed by atoms with van der Waals surface area (Å²) in [6.45, 7) is 0. The second kappa shape index (κ2) is 2.69. The predicted octanol–water partition coefficient (Wildman–Crippen LogP) is 1.91. The molecule has 0 amide bonds. The van der Waals surface area contributed by atoms with E-state index in [0.29, 0.717) is 10.9 Å². The van der Waals surface area contributed by atoms with Crippen molar-refractivity contribution < 1.29 is 4.74 Å². The van der Waals surface area contributed by atoms with Crippen molar-refractivity contribution in [1.82, 2.24) is 4.98 Å². The molecule has 0 unspecified atom stereocenters.